The van der Waals surface area contributed by atoms with E-state index in [9.17, 15) is 12.8 Å². The van der Waals surface area contributed by atoms with E-state index in [2.05, 4.69) is 24.9 Å². The van der Waals surface area contributed by atoms with Gasteiger partial charge in [0.1, 0.15) is 11.6 Å². The lowest BCUT2D eigenvalue weighted by molar-refractivity contribution is 0.457. The molecule has 0 saturated carbocycles. The lowest BCUT2D eigenvalue weighted by Gasteiger charge is -2.32. The maximum atomic E-state index is 14.3. The summed E-state index contributed by atoms with van der Waals surface area (Å²) >= 11 is 0. The minimum Gasteiger partial charge on any atom is -0.355 e. The normalized spacial score (nSPS) is 15.3. The van der Waals surface area contributed by atoms with Gasteiger partial charge in [0.25, 0.3) is 0 Å². The summed E-state index contributed by atoms with van der Waals surface area (Å²) < 4.78 is 43.8. The zero-order chi connectivity index (χ0) is 22.1. The molecule has 1 N–H and O–H groups in total. The number of halogens is 1. The van der Waals surface area contributed by atoms with Gasteiger partial charge in [-0.3, -0.25) is 0 Å². The highest BCUT2D eigenvalue weighted by Gasteiger charge is 2.25. The molecule has 2 aromatic carbocycles. The number of aromatic nitrogens is 4. The molecule has 1 aliphatic heterocycles. The van der Waals surface area contributed by atoms with Gasteiger partial charge in [-0.1, -0.05) is 30.3 Å². The molecule has 1 fully saturated rings. The summed E-state index contributed by atoms with van der Waals surface area (Å²) in [6.07, 6.45) is 1.29. The van der Waals surface area contributed by atoms with Crippen LogP contribution in [-0.2, 0) is 10.0 Å². The van der Waals surface area contributed by atoms with Crippen LogP contribution in [0, 0.1) is 5.82 Å². The van der Waals surface area contributed by atoms with Gasteiger partial charge >= 0.3 is 0 Å². The van der Waals surface area contributed by atoms with Crippen molar-refractivity contribution in [2.75, 3.05) is 18.0 Å². The number of hydrogen-bond donors (Lipinski definition) is 1. The first-order valence-corrected chi connectivity index (χ1v) is 11.8. The predicted molar refractivity (Wildman–Crippen MR) is 118 cm³/mol. The van der Waals surface area contributed by atoms with Crippen molar-refractivity contribution < 1.29 is 12.8 Å². The second kappa shape index (κ2) is 8.29. The van der Waals surface area contributed by atoms with Crippen LogP contribution in [0.5, 0.6) is 0 Å². The maximum Gasteiger partial charge on any atom is 0.240 e. The lowest BCUT2D eigenvalue weighted by Crippen LogP contribution is -2.45. The van der Waals surface area contributed by atoms with Crippen molar-refractivity contribution >= 4 is 21.5 Å². The molecule has 0 bridgehead atoms. The fraction of sp³-hybridized carbons (Fsp3) is 0.227. The van der Waals surface area contributed by atoms with E-state index in [0.29, 0.717) is 48.8 Å². The Morgan fingerprint density at radius 1 is 0.906 bits per heavy atom. The van der Waals surface area contributed by atoms with Crippen molar-refractivity contribution in [3.05, 3.63) is 72.5 Å². The third kappa shape index (κ3) is 3.94. The van der Waals surface area contributed by atoms with E-state index in [1.54, 1.807) is 54.6 Å². The Kier molecular flexibility index (Phi) is 5.32. The zero-order valence-electron chi connectivity index (χ0n) is 17.1. The third-order valence-corrected chi connectivity index (χ3v) is 7.09. The first kappa shape index (κ1) is 20.5. The maximum absolute atomic E-state index is 14.3. The fourth-order valence-electron chi connectivity index (χ4n) is 3.87. The van der Waals surface area contributed by atoms with Gasteiger partial charge in [-0.05, 0) is 49.2 Å². The molecule has 0 radical (unpaired) electrons. The molecule has 1 aliphatic rings. The third-order valence-electron chi connectivity index (χ3n) is 5.56. The van der Waals surface area contributed by atoms with Crippen molar-refractivity contribution in [1.29, 1.82) is 0 Å². The van der Waals surface area contributed by atoms with Crippen molar-refractivity contribution in [1.82, 2.24) is 24.5 Å². The summed E-state index contributed by atoms with van der Waals surface area (Å²) in [5.41, 5.74) is 0.858. The van der Waals surface area contributed by atoms with Gasteiger partial charge in [0, 0.05) is 19.1 Å². The van der Waals surface area contributed by atoms with Gasteiger partial charge in [0.05, 0.1) is 10.5 Å². The predicted octanol–water partition coefficient (Wildman–Crippen LogP) is 2.88. The second-order valence-electron chi connectivity index (χ2n) is 7.66. The van der Waals surface area contributed by atoms with Crippen molar-refractivity contribution in [2.24, 2.45) is 0 Å². The number of rotatable bonds is 5. The van der Waals surface area contributed by atoms with Crippen molar-refractivity contribution in [3.8, 4) is 11.4 Å². The van der Waals surface area contributed by atoms with Gasteiger partial charge in [0.15, 0.2) is 11.5 Å². The van der Waals surface area contributed by atoms with E-state index in [1.165, 1.54) is 10.6 Å². The molecule has 32 heavy (non-hydrogen) atoms. The second-order valence-corrected chi connectivity index (χ2v) is 9.37. The number of nitrogens with zero attached hydrogens (tertiary/aromatic N) is 5. The Balaban J connectivity index is 1.32. The van der Waals surface area contributed by atoms with Crippen LogP contribution in [0.25, 0.3) is 17.0 Å². The molecule has 164 valence electrons. The molecule has 0 aliphatic carbocycles. The molecule has 4 aromatic rings. The van der Waals surface area contributed by atoms with Crippen LogP contribution in [0.2, 0.25) is 0 Å². The summed E-state index contributed by atoms with van der Waals surface area (Å²) in [5.74, 6) is 0.658. The summed E-state index contributed by atoms with van der Waals surface area (Å²) in [5, 5.41) is 12.8. The number of sulfonamides is 1. The molecular formula is C22H21FN6O2S. The molecular weight excluding hydrogens is 431 g/mol. The van der Waals surface area contributed by atoms with Crippen LogP contribution in [0.3, 0.4) is 0 Å². The van der Waals surface area contributed by atoms with Gasteiger partial charge < -0.3 is 4.90 Å². The molecule has 10 heteroatoms. The van der Waals surface area contributed by atoms with Gasteiger partial charge in [0.2, 0.25) is 10.0 Å². The molecule has 1 saturated heterocycles. The van der Waals surface area contributed by atoms with Gasteiger partial charge in [-0.25, -0.2) is 17.5 Å². The summed E-state index contributed by atoms with van der Waals surface area (Å²) in [6.45, 7) is 1.27. The topological polar surface area (TPSA) is 92.5 Å². The SMILES string of the molecule is O=S(=O)(NC1CCN(c2ccc3nnc(-c4ccccc4F)n3n2)CC1)c1ccccc1. The van der Waals surface area contributed by atoms with Crippen LogP contribution >= 0.6 is 0 Å². The molecule has 0 amide bonds. The van der Waals surface area contributed by atoms with E-state index in [4.69, 9.17) is 0 Å². The Morgan fingerprint density at radius 3 is 2.38 bits per heavy atom. The highest BCUT2D eigenvalue weighted by molar-refractivity contribution is 7.89. The molecule has 0 unspecified atom stereocenters. The highest BCUT2D eigenvalue weighted by atomic mass is 32.2. The van der Waals surface area contributed by atoms with E-state index in [1.807, 2.05) is 6.07 Å². The Morgan fingerprint density at radius 2 is 1.62 bits per heavy atom. The largest absolute Gasteiger partial charge is 0.355 e. The smallest absolute Gasteiger partial charge is 0.240 e. The van der Waals surface area contributed by atoms with Crippen molar-refractivity contribution in [2.45, 2.75) is 23.8 Å². The summed E-state index contributed by atoms with van der Waals surface area (Å²) in [7, 11) is -3.54. The number of fused-ring (bicyclic) bond motifs is 1. The Labute approximate surface area is 184 Å². The number of hydrogen-bond acceptors (Lipinski definition) is 6. The van der Waals surface area contributed by atoms with E-state index in [0.717, 1.165) is 0 Å². The van der Waals surface area contributed by atoms with Crippen molar-refractivity contribution in [3.63, 3.8) is 0 Å². The average molecular weight is 453 g/mol. The number of benzene rings is 2. The Bertz CT molecular complexity index is 1350. The van der Waals surface area contributed by atoms with E-state index < -0.39 is 10.0 Å². The first-order valence-electron chi connectivity index (χ1n) is 10.3. The highest BCUT2D eigenvalue weighted by Crippen LogP contribution is 2.24. The molecule has 5 rings (SSSR count). The zero-order valence-corrected chi connectivity index (χ0v) is 17.9. The molecule has 0 spiro atoms. The minimum absolute atomic E-state index is 0.149. The first-order chi connectivity index (χ1) is 15.5. The monoisotopic (exact) mass is 452 g/mol. The molecule has 3 heterocycles. The van der Waals surface area contributed by atoms with Crippen LogP contribution < -0.4 is 9.62 Å². The summed E-state index contributed by atoms with van der Waals surface area (Å²) in [6, 6.07) is 18.3. The quantitative estimate of drug-likeness (QED) is 0.501. The van der Waals surface area contributed by atoms with Crippen LogP contribution in [0.15, 0.2) is 71.6 Å². The number of anilines is 1. The van der Waals surface area contributed by atoms with Crippen LogP contribution in [0.1, 0.15) is 12.8 Å². The lowest BCUT2D eigenvalue weighted by atomic mass is 10.1. The molecule has 8 nitrogen and oxygen atoms in total. The van der Waals surface area contributed by atoms with Crippen LogP contribution in [0.4, 0.5) is 10.2 Å². The standard InChI is InChI=1S/C22H21FN6O2S/c23-19-9-5-4-8-18(19)22-25-24-20-10-11-21(26-29(20)22)28-14-12-16(13-15-28)27-32(30,31)17-6-2-1-3-7-17/h1-11,16,27H,12-15H2. The minimum atomic E-state index is -3.54. The fourth-order valence-corrected chi connectivity index (χ4v) is 5.20. The number of nitrogens with one attached hydrogen (secondary N) is 1. The number of piperidine rings is 1. The van der Waals surface area contributed by atoms with E-state index >= 15 is 0 Å². The van der Waals surface area contributed by atoms with Gasteiger partial charge in [-0.2, -0.15) is 4.52 Å². The Hall–Kier alpha value is -3.37. The molecule has 2 aromatic heterocycles. The molecule has 0 atom stereocenters. The van der Waals surface area contributed by atoms with Crippen LogP contribution in [-0.4, -0.2) is 47.4 Å². The van der Waals surface area contributed by atoms with Gasteiger partial charge in [-0.15, -0.1) is 15.3 Å². The van der Waals surface area contributed by atoms with E-state index in [-0.39, 0.29) is 16.8 Å². The average Bonchev–Trinajstić information content (AvgIpc) is 3.23. The summed E-state index contributed by atoms with van der Waals surface area (Å²) in [4.78, 5) is 2.35.